The Kier molecular flexibility index (Phi) is 7.16. The highest BCUT2D eigenvalue weighted by atomic mass is 32.2. The molecule has 194 valence electrons. The number of carbonyl (C=O) groups is 2. The number of nitrogens with zero attached hydrogens (tertiary/aromatic N) is 2. The van der Waals surface area contributed by atoms with Crippen molar-refractivity contribution >= 4 is 39.0 Å². The van der Waals surface area contributed by atoms with Gasteiger partial charge in [0.25, 0.3) is 0 Å². The average molecular weight is 545 g/mol. The Morgan fingerprint density at radius 1 is 1.27 bits per heavy atom. The van der Waals surface area contributed by atoms with Gasteiger partial charge >= 0.3 is 10.3 Å². The number of fused-ring (bicyclic) bond motifs is 1. The molecule has 3 heterocycles. The minimum absolute atomic E-state index is 0.0328. The summed E-state index contributed by atoms with van der Waals surface area (Å²) in [6, 6.07) is 8.63. The van der Waals surface area contributed by atoms with Crippen LogP contribution in [0.4, 0.5) is 5.82 Å². The fraction of sp³-hybridized carbons (Fsp3) is 0.333. The summed E-state index contributed by atoms with van der Waals surface area (Å²) in [4.78, 5) is 34.3. The summed E-state index contributed by atoms with van der Waals surface area (Å²) in [6.45, 7) is -0.0328. The number of anilines is 1. The highest BCUT2D eigenvalue weighted by Crippen LogP contribution is 2.36. The third-order valence-electron chi connectivity index (χ3n) is 6.34. The molecule has 0 bridgehead atoms. The van der Waals surface area contributed by atoms with Crippen LogP contribution in [0.2, 0.25) is 0 Å². The summed E-state index contributed by atoms with van der Waals surface area (Å²) in [5, 5.41) is 15.2. The maximum Gasteiger partial charge on any atom is 0.335 e. The smallest absolute Gasteiger partial charge is 0.335 e. The summed E-state index contributed by atoms with van der Waals surface area (Å²) in [7, 11) is -2.74. The van der Waals surface area contributed by atoms with Crippen LogP contribution in [0, 0.1) is 0 Å². The highest BCUT2D eigenvalue weighted by Gasteiger charge is 2.37. The Morgan fingerprint density at radius 2 is 2.08 bits per heavy atom. The number of benzene rings is 1. The normalized spacial score (nSPS) is 23.6. The van der Waals surface area contributed by atoms with E-state index in [2.05, 4.69) is 20.0 Å². The average Bonchev–Trinajstić information content (AvgIpc) is 3.51. The molecule has 0 unspecified atom stereocenters. The Bertz CT molecular complexity index is 1440. The topological polar surface area (TPSA) is 157 Å². The number of ketones is 2. The molecule has 0 radical (unpaired) electrons. The predicted molar refractivity (Wildman–Crippen MR) is 134 cm³/mol. The minimum Gasteiger partial charge on any atom is -0.390 e. The van der Waals surface area contributed by atoms with E-state index < -0.39 is 28.6 Å². The van der Waals surface area contributed by atoms with Gasteiger partial charge in [-0.15, -0.1) is 11.3 Å². The molecule has 0 amide bonds. The molecule has 11 nitrogen and oxygen atoms in total. The van der Waals surface area contributed by atoms with E-state index in [4.69, 9.17) is 8.92 Å². The fourth-order valence-electron chi connectivity index (χ4n) is 4.54. The first-order valence-corrected chi connectivity index (χ1v) is 13.8. The van der Waals surface area contributed by atoms with E-state index in [-0.39, 0.29) is 48.4 Å². The van der Waals surface area contributed by atoms with E-state index in [0.717, 1.165) is 11.1 Å². The van der Waals surface area contributed by atoms with Crippen LogP contribution in [-0.4, -0.2) is 67.0 Å². The largest absolute Gasteiger partial charge is 0.390 e. The molecule has 4 atom stereocenters. The second kappa shape index (κ2) is 10.4. The van der Waals surface area contributed by atoms with Crippen molar-refractivity contribution in [3.63, 3.8) is 0 Å². The van der Waals surface area contributed by atoms with Crippen molar-refractivity contribution in [2.45, 2.75) is 37.2 Å². The molecule has 37 heavy (non-hydrogen) atoms. The van der Waals surface area contributed by atoms with E-state index in [0.29, 0.717) is 10.4 Å². The lowest BCUT2D eigenvalue weighted by molar-refractivity contribution is 0.0512. The van der Waals surface area contributed by atoms with Gasteiger partial charge in [-0.1, -0.05) is 24.3 Å². The quantitative estimate of drug-likeness (QED) is 0.358. The number of nitrogens with one attached hydrogen (secondary N) is 2. The second-order valence-electron chi connectivity index (χ2n) is 8.73. The molecule has 13 heteroatoms. The number of hydrogen-bond acceptors (Lipinski definition) is 11. The molecule has 1 fully saturated rings. The highest BCUT2D eigenvalue weighted by molar-refractivity contribution is 7.84. The predicted octanol–water partition coefficient (Wildman–Crippen LogP) is 1.86. The molecular formula is C24H24N4O7S2. The van der Waals surface area contributed by atoms with Crippen LogP contribution >= 0.6 is 11.3 Å². The second-order valence-corrected chi connectivity index (χ2v) is 11.2. The van der Waals surface area contributed by atoms with Crippen molar-refractivity contribution in [3.8, 4) is 0 Å². The van der Waals surface area contributed by atoms with Crippen LogP contribution in [0.1, 0.15) is 55.7 Å². The van der Waals surface area contributed by atoms with Gasteiger partial charge in [-0.3, -0.25) is 13.8 Å². The lowest BCUT2D eigenvalue weighted by Crippen LogP contribution is -2.31. The first-order chi connectivity index (χ1) is 17.8. The Hall–Kier alpha value is -3.07. The van der Waals surface area contributed by atoms with Gasteiger partial charge in [-0.25, -0.2) is 9.97 Å². The van der Waals surface area contributed by atoms with Gasteiger partial charge in [0.05, 0.1) is 16.5 Å². The van der Waals surface area contributed by atoms with Crippen molar-refractivity contribution in [1.82, 2.24) is 14.7 Å². The minimum atomic E-state index is -3.96. The molecule has 3 N–H and O–H groups in total. The standard InChI is InChI=1S/C24H24N4O7S2/c1-25-37(32,33)35-20-8-14(7-18(20)29)28-24-17(9-26-12-27-24)22(31)21-6-13(11-36-21)23-16-5-3-2-4-15(16)19(30)10-34-23/h2-6,9,11-12,14,18,20,23,25,29H,7-8,10H2,1H3,(H,26,27,28)/t14-,18+,20-,23-/m1/s1. The van der Waals surface area contributed by atoms with Gasteiger partial charge in [0.1, 0.15) is 31.0 Å². The van der Waals surface area contributed by atoms with Crippen molar-refractivity contribution in [3.05, 3.63) is 75.4 Å². The Labute approximate surface area is 217 Å². The molecule has 1 saturated carbocycles. The van der Waals surface area contributed by atoms with E-state index in [1.54, 1.807) is 12.1 Å². The summed E-state index contributed by atoms with van der Waals surface area (Å²) in [5.74, 6) is -0.110. The number of carbonyl (C=O) groups excluding carboxylic acids is 2. The van der Waals surface area contributed by atoms with Crippen molar-refractivity contribution in [2.75, 3.05) is 19.0 Å². The number of aliphatic hydroxyl groups is 1. The third kappa shape index (κ3) is 5.32. The number of aliphatic hydroxyl groups excluding tert-OH is 1. The number of thiophene rings is 1. The zero-order valence-electron chi connectivity index (χ0n) is 19.7. The maximum absolute atomic E-state index is 13.4. The van der Waals surface area contributed by atoms with Crippen LogP contribution in [0.15, 0.2) is 48.2 Å². The zero-order valence-corrected chi connectivity index (χ0v) is 21.3. The summed E-state index contributed by atoms with van der Waals surface area (Å²) in [5.41, 5.74) is 2.38. The number of rotatable bonds is 8. The van der Waals surface area contributed by atoms with Gasteiger partial charge in [0.2, 0.25) is 5.78 Å². The van der Waals surface area contributed by atoms with Gasteiger partial charge in [-0.05, 0) is 35.4 Å². The molecule has 2 aliphatic rings. The maximum atomic E-state index is 13.4. The van der Waals surface area contributed by atoms with Crippen LogP contribution in [0.5, 0.6) is 0 Å². The monoisotopic (exact) mass is 544 g/mol. The lowest BCUT2D eigenvalue weighted by atomic mass is 9.93. The van der Waals surface area contributed by atoms with E-state index >= 15 is 0 Å². The van der Waals surface area contributed by atoms with Gasteiger partial charge < -0.3 is 15.2 Å². The van der Waals surface area contributed by atoms with Gasteiger partial charge in [-0.2, -0.15) is 13.1 Å². The van der Waals surface area contributed by atoms with E-state index in [9.17, 15) is 23.1 Å². The molecule has 1 aromatic carbocycles. The number of hydrogen-bond donors (Lipinski definition) is 3. The van der Waals surface area contributed by atoms with E-state index in [1.807, 2.05) is 23.6 Å². The van der Waals surface area contributed by atoms with Crippen molar-refractivity contribution in [1.29, 1.82) is 0 Å². The van der Waals surface area contributed by atoms with Gasteiger partial charge in [0, 0.05) is 24.8 Å². The number of ether oxygens (including phenoxy) is 1. The SMILES string of the molecule is CNS(=O)(=O)O[C@@H]1C[C@H](Nc2ncncc2C(=O)c2cc([C@H]3OCC(=O)c4ccccc43)cs2)C[C@@H]1O. The Balaban J connectivity index is 1.34. The van der Waals surface area contributed by atoms with Crippen LogP contribution in [0.3, 0.4) is 0 Å². The van der Waals surface area contributed by atoms with Crippen LogP contribution in [-0.2, 0) is 19.2 Å². The van der Waals surface area contributed by atoms with Crippen molar-refractivity contribution < 1.29 is 32.0 Å². The molecule has 2 aromatic heterocycles. The molecular weight excluding hydrogens is 520 g/mol. The van der Waals surface area contributed by atoms with Crippen molar-refractivity contribution in [2.24, 2.45) is 0 Å². The molecule has 0 spiro atoms. The summed E-state index contributed by atoms with van der Waals surface area (Å²) >= 11 is 1.25. The van der Waals surface area contributed by atoms with Crippen LogP contribution < -0.4 is 10.0 Å². The zero-order chi connectivity index (χ0) is 26.2. The van der Waals surface area contributed by atoms with Crippen LogP contribution in [0.25, 0.3) is 0 Å². The summed E-state index contributed by atoms with van der Waals surface area (Å²) in [6.07, 6.45) is 0.720. The summed E-state index contributed by atoms with van der Waals surface area (Å²) < 4.78 is 36.3. The third-order valence-corrected chi connectivity index (χ3v) is 8.29. The Morgan fingerprint density at radius 3 is 2.89 bits per heavy atom. The van der Waals surface area contributed by atoms with Gasteiger partial charge in [0.15, 0.2) is 5.78 Å². The molecule has 0 saturated heterocycles. The first kappa shape index (κ1) is 25.6. The molecule has 1 aliphatic heterocycles. The van der Waals surface area contributed by atoms with E-state index in [1.165, 1.54) is 30.9 Å². The lowest BCUT2D eigenvalue weighted by Gasteiger charge is -2.24. The fourth-order valence-corrected chi connectivity index (χ4v) is 6.04. The number of Topliss-reactive ketones (excluding diaryl/α,β-unsaturated/α-hetero) is 1. The first-order valence-electron chi connectivity index (χ1n) is 11.5. The molecule has 3 aromatic rings. The number of aromatic nitrogens is 2. The molecule has 1 aliphatic carbocycles. The molecule has 5 rings (SSSR count).